The molecule has 3 N–H and O–H groups in total. The molecule has 210 valence electrons. The minimum atomic E-state index is -0.340. The number of amides is 2. The highest BCUT2D eigenvalue weighted by Crippen LogP contribution is 2.28. The molecule has 4 aromatic carbocycles. The third-order valence-corrected chi connectivity index (χ3v) is 7.42. The van der Waals surface area contributed by atoms with Crippen molar-refractivity contribution in [1.29, 1.82) is 0 Å². The number of aromatic nitrogens is 1. The van der Waals surface area contributed by atoms with Crippen LogP contribution in [0, 0.1) is 0 Å². The van der Waals surface area contributed by atoms with E-state index in [0.717, 1.165) is 27.6 Å². The van der Waals surface area contributed by atoms with Gasteiger partial charge in [-0.1, -0.05) is 41.9 Å². The van der Waals surface area contributed by atoms with Gasteiger partial charge in [-0.05, 0) is 88.2 Å². The highest BCUT2D eigenvalue weighted by molar-refractivity contribution is 9.10. The van der Waals surface area contributed by atoms with Crippen molar-refractivity contribution < 1.29 is 14.3 Å². The Labute approximate surface area is 259 Å². The number of nitrogens with zero attached hydrogens (tertiary/aromatic N) is 2. The van der Waals surface area contributed by atoms with Crippen LogP contribution in [0.4, 0.5) is 16.5 Å². The molecular weight excluding hydrogens is 638 g/mol. The summed E-state index contributed by atoms with van der Waals surface area (Å²) in [5, 5.41) is 13.4. The lowest BCUT2D eigenvalue weighted by atomic mass is 10.1. The summed E-state index contributed by atoms with van der Waals surface area (Å²) in [4.78, 5) is 29.4. The number of thiazole rings is 1. The molecule has 0 atom stereocenters. The van der Waals surface area contributed by atoms with Crippen molar-refractivity contribution in [3.8, 4) is 17.0 Å². The van der Waals surface area contributed by atoms with Gasteiger partial charge in [-0.2, -0.15) is 5.10 Å². The maximum absolute atomic E-state index is 12.6. The summed E-state index contributed by atoms with van der Waals surface area (Å²) in [5.41, 5.74) is 7.05. The van der Waals surface area contributed by atoms with Crippen LogP contribution in [0.15, 0.2) is 112 Å². The van der Waals surface area contributed by atoms with Gasteiger partial charge < -0.3 is 15.4 Å². The van der Waals surface area contributed by atoms with Crippen LogP contribution in [0.5, 0.6) is 5.75 Å². The number of carbonyl (C=O) groups excluding carboxylic acids is 2. The van der Waals surface area contributed by atoms with Gasteiger partial charge in [-0.15, -0.1) is 11.3 Å². The van der Waals surface area contributed by atoms with Gasteiger partial charge in [0.15, 0.2) is 11.7 Å². The number of hydrazone groups is 1. The monoisotopic (exact) mass is 659 g/mol. The van der Waals surface area contributed by atoms with E-state index in [1.165, 1.54) is 17.6 Å². The minimum Gasteiger partial charge on any atom is -0.483 e. The number of carbonyl (C=O) groups is 2. The van der Waals surface area contributed by atoms with Gasteiger partial charge in [0.05, 0.1) is 16.4 Å². The number of para-hydroxylation sites is 1. The minimum absolute atomic E-state index is 0.169. The fourth-order valence-electron chi connectivity index (χ4n) is 3.72. The Morgan fingerprint density at radius 3 is 2.45 bits per heavy atom. The predicted octanol–water partition coefficient (Wildman–Crippen LogP) is 7.75. The van der Waals surface area contributed by atoms with Crippen LogP contribution in [-0.2, 0) is 4.79 Å². The van der Waals surface area contributed by atoms with Crippen LogP contribution in [0.1, 0.15) is 15.9 Å². The summed E-state index contributed by atoms with van der Waals surface area (Å²) >= 11 is 10.8. The predicted molar refractivity (Wildman–Crippen MR) is 172 cm³/mol. The zero-order valence-corrected chi connectivity index (χ0v) is 25.0. The van der Waals surface area contributed by atoms with Crippen LogP contribution >= 0.6 is 38.9 Å². The van der Waals surface area contributed by atoms with Gasteiger partial charge in [0.25, 0.3) is 11.8 Å². The van der Waals surface area contributed by atoms with Crippen molar-refractivity contribution >= 4 is 73.4 Å². The van der Waals surface area contributed by atoms with Gasteiger partial charge >= 0.3 is 0 Å². The maximum atomic E-state index is 12.6. The summed E-state index contributed by atoms with van der Waals surface area (Å²) < 4.78 is 6.25. The molecule has 11 heteroatoms. The highest BCUT2D eigenvalue weighted by atomic mass is 79.9. The van der Waals surface area contributed by atoms with E-state index in [0.29, 0.717) is 26.5 Å². The van der Waals surface area contributed by atoms with Gasteiger partial charge in [0.1, 0.15) is 5.75 Å². The van der Waals surface area contributed by atoms with Crippen LogP contribution in [0.25, 0.3) is 11.3 Å². The molecule has 0 aliphatic heterocycles. The Morgan fingerprint density at radius 1 is 0.952 bits per heavy atom. The van der Waals surface area contributed by atoms with Crippen molar-refractivity contribution in [3.63, 3.8) is 0 Å². The van der Waals surface area contributed by atoms with Crippen LogP contribution < -0.4 is 20.8 Å². The summed E-state index contributed by atoms with van der Waals surface area (Å²) in [6, 6.07) is 29.1. The van der Waals surface area contributed by atoms with Crippen molar-refractivity contribution in [2.24, 2.45) is 5.10 Å². The fraction of sp³-hybridized carbons (Fsp3) is 0.0323. The van der Waals surface area contributed by atoms with Crippen LogP contribution in [0.3, 0.4) is 0 Å². The van der Waals surface area contributed by atoms with Crippen LogP contribution in [0.2, 0.25) is 5.02 Å². The second kappa shape index (κ2) is 13.9. The molecule has 8 nitrogen and oxygen atoms in total. The van der Waals surface area contributed by atoms with Crippen molar-refractivity contribution in [3.05, 3.63) is 123 Å². The van der Waals surface area contributed by atoms with Gasteiger partial charge in [-0.3, -0.25) is 9.59 Å². The van der Waals surface area contributed by atoms with E-state index < -0.39 is 0 Å². The summed E-state index contributed by atoms with van der Waals surface area (Å²) in [7, 11) is 0. The quantitative estimate of drug-likeness (QED) is 0.105. The average Bonchev–Trinajstić information content (AvgIpc) is 3.47. The Bertz CT molecular complexity index is 1710. The lowest BCUT2D eigenvalue weighted by Gasteiger charge is -2.09. The molecule has 0 saturated heterocycles. The molecule has 5 rings (SSSR count). The van der Waals surface area contributed by atoms with Crippen LogP contribution in [-0.4, -0.2) is 29.6 Å². The van der Waals surface area contributed by atoms with E-state index >= 15 is 0 Å². The largest absolute Gasteiger partial charge is 0.483 e. The topological polar surface area (TPSA) is 105 Å². The number of halogens is 2. The third-order valence-electron chi connectivity index (χ3n) is 5.79. The Morgan fingerprint density at radius 2 is 1.71 bits per heavy atom. The average molecular weight is 661 g/mol. The Balaban J connectivity index is 1.10. The molecule has 0 bridgehead atoms. The lowest BCUT2D eigenvalue weighted by molar-refractivity contribution is -0.118. The summed E-state index contributed by atoms with van der Waals surface area (Å²) in [6.07, 6.45) is 1.52. The number of rotatable bonds is 10. The van der Waals surface area contributed by atoms with E-state index in [9.17, 15) is 9.59 Å². The number of hydrogen-bond donors (Lipinski definition) is 3. The van der Waals surface area contributed by atoms with E-state index in [1.54, 1.807) is 54.6 Å². The molecule has 42 heavy (non-hydrogen) atoms. The molecule has 0 saturated carbocycles. The number of hydrogen-bond acceptors (Lipinski definition) is 7. The zero-order valence-electron chi connectivity index (χ0n) is 21.9. The Hall–Kier alpha value is -4.51. The SMILES string of the molecule is O=C(COc1ccc(/C=N/NC(=O)c2ccc(-c3csc(Nc4ccccc4)n3)cc2)cc1Br)Nc1ccc(Cl)cc1. The number of benzene rings is 4. The first kappa shape index (κ1) is 29.0. The summed E-state index contributed by atoms with van der Waals surface area (Å²) in [5.74, 6) is -0.152. The molecule has 0 spiro atoms. The molecule has 5 aromatic rings. The molecule has 1 heterocycles. The zero-order chi connectivity index (χ0) is 29.3. The second-order valence-corrected chi connectivity index (χ2v) is 11.0. The molecule has 0 aliphatic carbocycles. The number of ether oxygens (including phenoxy) is 1. The van der Waals surface area contributed by atoms with Crippen molar-refractivity contribution in [1.82, 2.24) is 10.4 Å². The smallest absolute Gasteiger partial charge is 0.271 e. The summed E-state index contributed by atoms with van der Waals surface area (Å²) in [6.45, 7) is -0.169. The molecule has 0 radical (unpaired) electrons. The number of nitrogens with one attached hydrogen (secondary N) is 3. The molecule has 1 aromatic heterocycles. The first-order chi connectivity index (χ1) is 20.4. The first-order valence-electron chi connectivity index (χ1n) is 12.6. The fourth-order valence-corrected chi connectivity index (χ4v) is 5.10. The highest BCUT2D eigenvalue weighted by Gasteiger charge is 2.09. The molecular formula is C31H23BrClN5O3S. The molecule has 0 fully saturated rings. The Kier molecular flexibility index (Phi) is 9.60. The number of anilines is 3. The van der Waals surface area contributed by atoms with Gasteiger partial charge in [0, 0.05) is 32.9 Å². The lowest BCUT2D eigenvalue weighted by Crippen LogP contribution is -2.20. The van der Waals surface area contributed by atoms with E-state index in [4.69, 9.17) is 16.3 Å². The van der Waals surface area contributed by atoms with Crippen molar-refractivity contribution in [2.45, 2.75) is 0 Å². The third kappa shape index (κ3) is 8.03. The van der Waals surface area contributed by atoms with E-state index in [-0.39, 0.29) is 18.4 Å². The van der Waals surface area contributed by atoms with E-state index in [2.05, 4.69) is 42.1 Å². The van der Waals surface area contributed by atoms with Gasteiger partial charge in [-0.25, -0.2) is 10.4 Å². The maximum Gasteiger partial charge on any atom is 0.271 e. The molecule has 0 aliphatic rings. The first-order valence-corrected chi connectivity index (χ1v) is 14.7. The second-order valence-electron chi connectivity index (χ2n) is 8.84. The standard InChI is InChI=1S/C31H23BrClN5O3S/c32-26-16-20(6-15-28(26)41-18-29(39)35-25-13-11-23(33)12-14-25)17-34-38-30(40)22-9-7-21(8-10-22)27-19-42-31(37-27)36-24-4-2-1-3-5-24/h1-17,19H,18H2,(H,35,39)(H,36,37)(H,38,40)/b34-17+. The van der Waals surface area contributed by atoms with Crippen molar-refractivity contribution in [2.75, 3.05) is 17.2 Å². The normalized spacial score (nSPS) is 10.8. The molecule has 2 amide bonds. The molecule has 0 unspecified atom stereocenters. The van der Waals surface area contributed by atoms with E-state index in [1.807, 2.05) is 47.8 Å². The van der Waals surface area contributed by atoms with Gasteiger partial charge in [0.2, 0.25) is 0 Å².